The average Bonchev–Trinajstić information content (AvgIpc) is 2.97. The second kappa shape index (κ2) is 6.78. The van der Waals surface area contributed by atoms with Gasteiger partial charge in [-0.25, -0.2) is 0 Å². The van der Waals surface area contributed by atoms with Gasteiger partial charge in [-0.3, -0.25) is 4.90 Å². The van der Waals surface area contributed by atoms with Crippen LogP contribution in [0.3, 0.4) is 0 Å². The van der Waals surface area contributed by atoms with Gasteiger partial charge in [0.05, 0.1) is 5.60 Å². The number of nitrogens with zero attached hydrogens (tertiary/aromatic N) is 1. The second-order valence-electron chi connectivity index (χ2n) is 6.81. The molecule has 1 saturated heterocycles. The van der Waals surface area contributed by atoms with Crippen LogP contribution in [0, 0.1) is 0 Å². The van der Waals surface area contributed by atoms with E-state index in [1.165, 1.54) is 4.88 Å². The van der Waals surface area contributed by atoms with E-state index in [4.69, 9.17) is 10.5 Å². The molecule has 2 rings (SSSR count). The van der Waals surface area contributed by atoms with Gasteiger partial charge in [0.15, 0.2) is 0 Å². The molecule has 2 unspecified atom stereocenters. The van der Waals surface area contributed by atoms with Crippen molar-refractivity contribution in [3.05, 3.63) is 22.4 Å². The van der Waals surface area contributed by atoms with Gasteiger partial charge in [0.25, 0.3) is 0 Å². The summed E-state index contributed by atoms with van der Waals surface area (Å²) in [4.78, 5) is 4.02. The Balaban J connectivity index is 2.26. The third-order valence-electron chi connectivity index (χ3n) is 4.99. The summed E-state index contributed by atoms with van der Waals surface area (Å²) in [6, 6.07) is 4.84. The zero-order chi connectivity index (χ0) is 15.5. The van der Waals surface area contributed by atoms with E-state index in [1.54, 1.807) is 0 Å². The van der Waals surface area contributed by atoms with Crippen molar-refractivity contribution in [2.75, 3.05) is 13.2 Å². The molecule has 0 amide bonds. The molecule has 0 saturated carbocycles. The Morgan fingerprint density at radius 3 is 2.76 bits per heavy atom. The largest absolute Gasteiger partial charge is 0.375 e. The zero-order valence-corrected chi connectivity index (χ0v) is 14.7. The number of hydrogen-bond donors (Lipinski definition) is 1. The van der Waals surface area contributed by atoms with Crippen molar-refractivity contribution in [3.8, 4) is 0 Å². The van der Waals surface area contributed by atoms with Gasteiger partial charge in [-0.05, 0) is 51.5 Å². The third-order valence-corrected chi connectivity index (χ3v) is 5.85. The molecule has 21 heavy (non-hydrogen) atoms. The molecule has 1 aliphatic heterocycles. The highest BCUT2D eigenvalue weighted by Gasteiger charge is 2.46. The van der Waals surface area contributed by atoms with E-state index in [0.29, 0.717) is 12.6 Å². The lowest BCUT2D eigenvalue weighted by molar-refractivity contribution is -0.136. The molecule has 0 aromatic carbocycles. The molecule has 0 aliphatic carbocycles. The fourth-order valence-corrected chi connectivity index (χ4v) is 4.26. The molecule has 0 bridgehead atoms. The second-order valence-corrected chi connectivity index (χ2v) is 7.84. The van der Waals surface area contributed by atoms with Crippen LogP contribution in [0.25, 0.3) is 0 Å². The molecule has 4 heteroatoms. The normalized spacial score (nSPS) is 30.2. The van der Waals surface area contributed by atoms with Crippen LogP contribution >= 0.6 is 11.3 Å². The molecule has 1 aliphatic rings. The van der Waals surface area contributed by atoms with Crippen molar-refractivity contribution < 1.29 is 4.74 Å². The van der Waals surface area contributed by atoms with Gasteiger partial charge in [-0.2, -0.15) is 0 Å². The van der Waals surface area contributed by atoms with Crippen molar-refractivity contribution >= 4 is 11.3 Å². The summed E-state index contributed by atoms with van der Waals surface area (Å²) in [6.45, 7) is 11.5. The van der Waals surface area contributed by atoms with Gasteiger partial charge in [-0.15, -0.1) is 11.3 Å². The molecule has 0 radical (unpaired) electrons. The maximum Gasteiger partial charge on any atom is 0.0670 e. The summed E-state index contributed by atoms with van der Waals surface area (Å²) >= 11 is 1.83. The van der Waals surface area contributed by atoms with Gasteiger partial charge in [-0.1, -0.05) is 13.0 Å². The summed E-state index contributed by atoms with van der Waals surface area (Å²) in [5.41, 5.74) is 6.30. The van der Waals surface area contributed by atoms with Gasteiger partial charge in [0, 0.05) is 36.2 Å². The van der Waals surface area contributed by atoms with E-state index in [1.807, 2.05) is 11.3 Å². The number of ether oxygens (including phenoxy) is 1. The number of rotatable bonds is 6. The molecule has 1 aromatic rings. The van der Waals surface area contributed by atoms with E-state index in [0.717, 1.165) is 32.4 Å². The lowest BCUT2D eigenvalue weighted by atomic mass is 9.77. The summed E-state index contributed by atoms with van der Waals surface area (Å²) in [7, 11) is 0. The zero-order valence-electron chi connectivity index (χ0n) is 13.9. The van der Waals surface area contributed by atoms with Gasteiger partial charge < -0.3 is 10.5 Å². The highest BCUT2D eigenvalue weighted by Crippen LogP contribution is 2.39. The molecule has 1 fully saturated rings. The molecular weight excluding hydrogens is 280 g/mol. The number of thiophene rings is 1. The molecule has 2 heterocycles. The van der Waals surface area contributed by atoms with Crippen LogP contribution in [0.2, 0.25) is 0 Å². The summed E-state index contributed by atoms with van der Waals surface area (Å²) in [5.74, 6) is 0. The maximum atomic E-state index is 6.29. The summed E-state index contributed by atoms with van der Waals surface area (Å²) < 4.78 is 6.06. The highest BCUT2D eigenvalue weighted by molar-refractivity contribution is 7.09. The molecular formula is C17H30N2OS. The number of nitrogens with two attached hydrogens (primary N) is 1. The van der Waals surface area contributed by atoms with E-state index in [-0.39, 0.29) is 11.1 Å². The van der Waals surface area contributed by atoms with Crippen LogP contribution in [-0.2, 0) is 11.3 Å². The Bertz CT molecular complexity index is 434. The average molecular weight is 311 g/mol. The van der Waals surface area contributed by atoms with E-state index < -0.39 is 0 Å². The minimum absolute atomic E-state index is 0.0415. The van der Waals surface area contributed by atoms with E-state index in [9.17, 15) is 0 Å². The van der Waals surface area contributed by atoms with Gasteiger partial charge >= 0.3 is 0 Å². The van der Waals surface area contributed by atoms with Crippen LogP contribution in [0.4, 0.5) is 0 Å². The van der Waals surface area contributed by atoms with Crippen LogP contribution in [-0.4, -0.2) is 35.2 Å². The minimum Gasteiger partial charge on any atom is -0.375 e. The first-order chi connectivity index (χ1) is 9.95. The van der Waals surface area contributed by atoms with Crippen molar-refractivity contribution in [2.45, 2.75) is 70.7 Å². The maximum absolute atomic E-state index is 6.29. The molecule has 1 aromatic heterocycles. The molecule has 3 nitrogen and oxygen atoms in total. The van der Waals surface area contributed by atoms with Crippen molar-refractivity contribution in [1.82, 2.24) is 4.90 Å². The molecule has 2 N–H and O–H groups in total. The Hall–Kier alpha value is -0.420. The standard InChI is InChI=1S/C17H30N2OS/c1-5-16(4)12-17(13-18,8-9-20-16)19(14(2)3)11-15-7-6-10-21-15/h6-7,10,14H,5,8-9,11-13,18H2,1-4H3. The molecule has 120 valence electrons. The Morgan fingerprint density at radius 1 is 1.48 bits per heavy atom. The van der Waals surface area contributed by atoms with E-state index in [2.05, 4.69) is 50.1 Å². The first-order valence-electron chi connectivity index (χ1n) is 8.08. The summed E-state index contributed by atoms with van der Waals surface area (Å²) in [6.07, 6.45) is 3.10. The first kappa shape index (κ1) is 16.9. The topological polar surface area (TPSA) is 38.5 Å². The van der Waals surface area contributed by atoms with Crippen LogP contribution in [0.1, 0.15) is 51.8 Å². The monoisotopic (exact) mass is 310 g/mol. The fraction of sp³-hybridized carbons (Fsp3) is 0.765. The van der Waals surface area contributed by atoms with Crippen molar-refractivity contribution in [1.29, 1.82) is 0 Å². The van der Waals surface area contributed by atoms with Gasteiger partial charge in [0.2, 0.25) is 0 Å². The highest BCUT2D eigenvalue weighted by atomic mass is 32.1. The fourth-order valence-electron chi connectivity index (χ4n) is 3.56. The third kappa shape index (κ3) is 3.67. The van der Waals surface area contributed by atoms with Crippen LogP contribution < -0.4 is 5.73 Å². The van der Waals surface area contributed by atoms with Crippen molar-refractivity contribution in [2.24, 2.45) is 5.73 Å². The predicted octanol–water partition coefficient (Wildman–Crippen LogP) is 3.64. The first-order valence-corrected chi connectivity index (χ1v) is 8.96. The number of hydrogen-bond acceptors (Lipinski definition) is 4. The lowest BCUT2D eigenvalue weighted by Crippen LogP contribution is -2.62. The van der Waals surface area contributed by atoms with Gasteiger partial charge in [0.1, 0.15) is 0 Å². The Morgan fingerprint density at radius 2 is 2.24 bits per heavy atom. The van der Waals surface area contributed by atoms with Crippen molar-refractivity contribution in [3.63, 3.8) is 0 Å². The Labute approximate surface area is 133 Å². The molecule has 0 spiro atoms. The van der Waals surface area contributed by atoms with E-state index >= 15 is 0 Å². The quantitative estimate of drug-likeness (QED) is 0.872. The van der Waals surface area contributed by atoms with Crippen LogP contribution in [0.15, 0.2) is 17.5 Å². The lowest BCUT2D eigenvalue weighted by Gasteiger charge is -2.53. The Kier molecular flexibility index (Phi) is 5.47. The van der Waals surface area contributed by atoms with Crippen LogP contribution in [0.5, 0.6) is 0 Å². The summed E-state index contributed by atoms with van der Waals surface area (Å²) in [5, 5.41) is 2.16. The smallest absolute Gasteiger partial charge is 0.0670 e. The minimum atomic E-state index is -0.0415. The predicted molar refractivity (Wildman–Crippen MR) is 90.7 cm³/mol. The SMILES string of the molecule is CCC1(C)CC(CN)(N(Cc2cccs2)C(C)C)CCO1. The molecule has 2 atom stereocenters.